The van der Waals surface area contributed by atoms with Gasteiger partial charge in [-0.25, -0.2) is 0 Å². The van der Waals surface area contributed by atoms with Crippen LogP contribution in [0.25, 0.3) is 0 Å². The van der Waals surface area contributed by atoms with Gasteiger partial charge in [0.15, 0.2) is 0 Å². The first-order valence-corrected chi connectivity index (χ1v) is 6.40. The van der Waals surface area contributed by atoms with Gasteiger partial charge in [-0.05, 0) is 58.7 Å². The highest BCUT2D eigenvalue weighted by Crippen LogP contribution is 2.20. The summed E-state index contributed by atoms with van der Waals surface area (Å²) in [5.41, 5.74) is 0. The van der Waals surface area contributed by atoms with Gasteiger partial charge in [-0.2, -0.15) is 13.2 Å². The van der Waals surface area contributed by atoms with E-state index in [9.17, 15) is 13.2 Å². The third-order valence-electron chi connectivity index (χ3n) is 3.34. The molecule has 2 nitrogen and oxygen atoms in total. The Bertz CT molecular complexity index is 210. The Morgan fingerprint density at radius 2 is 2.06 bits per heavy atom. The second-order valence-electron chi connectivity index (χ2n) is 5.18. The molecular formula is C12H23F3N2. The SMILES string of the molecule is CC(C)N(CCC1CCCNC1)CC(F)(F)F. The van der Waals surface area contributed by atoms with Crippen molar-refractivity contribution in [1.29, 1.82) is 0 Å². The molecule has 0 radical (unpaired) electrons. The van der Waals surface area contributed by atoms with E-state index in [0.29, 0.717) is 12.5 Å². The Kier molecular flexibility index (Phi) is 5.73. The Balaban J connectivity index is 2.33. The second-order valence-corrected chi connectivity index (χ2v) is 5.18. The van der Waals surface area contributed by atoms with E-state index in [1.165, 1.54) is 4.90 Å². The number of piperidine rings is 1. The molecule has 1 atom stereocenters. The van der Waals surface area contributed by atoms with Crippen LogP contribution in [-0.4, -0.2) is 43.3 Å². The van der Waals surface area contributed by atoms with Gasteiger partial charge in [0, 0.05) is 6.04 Å². The average molecular weight is 252 g/mol. The topological polar surface area (TPSA) is 15.3 Å². The predicted octanol–water partition coefficient (Wildman–Crippen LogP) is 2.65. The lowest BCUT2D eigenvalue weighted by molar-refractivity contribution is -0.150. The number of nitrogens with one attached hydrogen (secondary N) is 1. The van der Waals surface area contributed by atoms with Crippen LogP contribution in [-0.2, 0) is 0 Å². The third kappa shape index (κ3) is 6.27. The molecule has 5 heteroatoms. The van der Waals surface area contributed by atoms with Crippen molar-refractivity contribution in [3.8, 4) is 0 Å². The minimum absolute atomic E-state index is 0.0480. The molecule has 0 spiro atoms. The standard InChI is InChI=1S/C12H23F3N2/c1-10(2)17(9-12(13,14)15)7-5-11-4-3-6-16-8-11/h10-11,16H,3-9H2,1-2H3. The summed E-state index contributed by atoms with van der Waals surface area (Å²) in [7, 11) is 0. The summed E-state index contributed by atoms with van der Waals surface area (Å²) in [6.45, 7) is 5.41. The smallest absolute Gasteiger partial charge is 0.316 e. The molecule has 0 saturated carbocycles. The Hall–Kier alpha value is -0.290. The molecule has 0 aromatic rings. The zero-order valence-electron chi connectivity index (χ0n) is 10.7. The van der Waals surface area contributed by atoms with Gasteiger partial charge in [-0.15, -0.1) is 0 Å². The van der Waals surface area contributed by atoms with Crippen LogP contribution in [0.15, 0.2) is 0 Å². The normalized spacial score (nSPS) is 22.4. The number of halogens is 3. The van der Waals surface area contributed by atoms with Crippen molar-refractivity contribution in [1.82, 2.24) is 10.2 Å². The first-order chi connectivity index (χ1) is 7.88. The van der Waals surface area contributed by atoms with Crippen molar-refractivity contribution in [3.05, 3.63) is 0 Å². The van der Waals surface area contributed by atoms with Gasteiger partial charge in [0.25, 0.3) is 0 Å². The molecule has 1 rings (SSSR count). The molecule has 1 N–H and O–H groups in total. The summed E-state index contributed by atoms with van der Waals surface area (Å²) in [4.78, 5) is 1.52. The maximum atomic E-state index is 12.4. The van der Waals surface area contributed by atoms with Gasteiger partial charge in [0.1, 0.15) is 0 Å². The summed E-state index contributed by atoms with van der Waals surface area (Å²) in [6.07, 6.45) is -0.938. The summed E-state index contributed by atoms with van der Waals surface area (Å²) in [5.74, 6) is 0.540. The van der Waals surface area contributed by atoms with E-state index in [-0.39, 0.29) is 6.04 Å². The Morgan fingerprint density at radius 3 is 2.53 bits per heavy atom. The van der Waals surface area contributed by atoms with Gasteiger partial charge in [-0.3, -0.25) is 4.90 Å². The lowest BCUT2D eigenvalue weighted by Crippen LogP contribution is -2.41. The fourth-order valence-electron chi connectivity index (χ4n) is 2.27. The molecule has 0 amide bonds. The molecule has 1 unspecified atom stereocenters. The summed E-state index contributed by atoms with van der Waals surface area (Å²) < 4.78 is 37.1. The van der Waals surface area contributed by atoms with E-state index in [4.69, 9.17) is 0 Å². The van der Waals surface area contributed by atoms with Crippen molar-refractivity contribution in [3.63, 3.8) is 0 Å². The summed E-state index contributed by atoms with van der Waals surface area (Å²) in [5, 5.41) is 3.30. The van der Waals surface area contributed by atoms with E-state index in [1.807, 2.05) is 13.8 Å². The van der Waals surface area contributed by atoms with Gasteiger partial charge in [0.2, 0.25) is 0 Å². The van der Waals surface area contributed by atoms with Gasteiger partial charge >= 0.3 is 6.18 Å². The molecule has 102 valence electrons. The minimum Gasteiger partial charge on any atom is -0.316 e. The van der Waals surface area contributed by atoms with E-state index in [2.05, 4.69) is 5.32 Å². The molecule has 1 heterocycles. The molecule has 0 aromatic heterocycles. The van der Waals surface area contributed by atoms with Crippen molar-refractivity contribution >= 4 is 0 Å². The second kappa shape index (κ2) is 6.59. The first-order valence-electron chi connectivity index (χ1n) is 6.40. The van der Waals surface area contributed by atoms with E-state index in [1.54, 1.807) is 0 Å². The van der Waals surface area contributed by atoms with Gasteiger partial charge in [0.05, 0.1) is 6.54 Å². The molecule has 17 heavy (non-hydrogen) atoms. The fraction of sp³-hybridized carbons (Fsp3) is 1.00. The highest BCUT2D eigenvalue weighted by atomic mass is 19.4. The molecule has 1 aliphatic heterocycles. The number of hydrogen-bond acceptors (Lipinski definition) is 2. The Labute approximate surface area is 102 Å². The number of hydrogen-bond donors (Lipinski definition) is 1. The maximum Gasteiger partial charge on any atom is 0.401 e. The molecule has 1 fully saturated rings. The minimum atomic E-state index is -4.09. The van der Waals surface area contributed by atoms with Crippen molar-refractivity contribution in [2.75, 3.05) is 26.2 Å². The van der Waals surface area contributed by atoms with Crippen LogP contribution >= 0.6 is 0 Å². The lowest BCUT2D eigenvalue weighted by Gasteiger charge is -2.30. The van der Waals surface area contributed by atoms with Crippen molar-refractivity contribution in [2.24, 2.45) is 5.92 Å². The molecular weight excluding hydrogens is 229 g/mol. The van der Waals surface area contributed by atoms with Crippen LogP contribution in [0, 0.1) is 5.92 Å². The number of rotatable bonds is 5. The van der Waals surface area contributed by atoms with Crippen LogP contribution in [0.2, 0.25) is 0 Å². The fourth-order valence-corrected chi connectivity index (χ4v) is 2.27. The van der Waals surface area contributed by atoms with Crippen LogP contribution in [0.1, 0.15) is 33.1 Å². The maximum absolute atomic E-state index is 12.4. The van der Waals surface area contributed by atoms with Gasteiger partial charge in [-0.1, -0.05) is 0 Å². The zero-order chi connectivity index (χ0) is 12.9. The summed E-state index contributed by atoms with van der Waals surface area (Å²) in [6, 6.07) is -0.0480. The molecule has 0 aliphatic carbocycles. The third-order valence-corrected chi connectivity index (χ3v) is 3.34. The van der Waals surface area contributed by atoms with Crippen LogP contribution in [0.5, 0.6) is 0 Å². The quantitative estimate of drug-likeness (QED) is 0.809. The summed E-state index contributed by atoms with van der Waals surface area (Å²) >= 11 is 0. The van der Waals surface area contributed by atoms with E-state index in [0.717, 1.165) is 32.4 Å². The molecule has 0 bridgehead atoms. The largest absolute Gasteiger partial charge is 0.401 e. The van der Waals surface area contributed by atoms with E-state index >= 15 is 0 Å². The van der Waals surface area contributed by atoms with E-state index < -0.39 is 12.7 Å². The molecule has 1 saturated heterocycles. The monoisotopic (exact) mass is 252 g/mol. The predicted molar refractivity (Wildman–Crippen MR) is 63.0 cm³/mol. The van der Waals surface area contributed by atoms with Crippen molar-refractivity contribution < 1.29 is 13.2 Å². The lowest BCUT2D eigenvalue weighted by atomic mass is 9.96. The van der Waals surface area contributed by atoms with Crippen LogP contribution in [0.4, 0.5) is 13.2 Å². The van der Waals surface area contributed by atoms with Crippen LogP contribution in [0.3, 0.4) is 0 Å². The average Bonchev–Trinajstić information content (AvgIpc) is 2.24. The van der Waals surface area contributed by atoms with Crippen molar-refractivity contribution in [2.45, 2.75) is 45.3 Å². The number of nitrogens with zero attached hydrogens (tertiary/aromatic N) is 1. The molecule has 1 aliphatic rings. The highest BCUT2D eigenvalue weighted by Gasteiger charge is 2.31. The van der Waals surface area contributed by atoms with Gasteiger partial charge < -0.3 is 5.32 Å². The first kappa shape index (κ1) is 14.8. The zero-order valence-corrected chi connectivity index (χ0v) is 10.7. The highest BCUT2D eigenvalue weighted by molar-refractivity contribution is 4.73. The van der Waals surface area contributed by atoms with Crippen LogP contribution < -0.4 is 5.32 Å². The molecule has 0 aromatic carbocycles. The number of alkyl halides is 3. The Morgan fingerprint density at radius 1 is 1.35 bits per heavy atom.